The Labute approximate surface area is 99.5 Å². The third kappa shape index (κ3) is 3.95. The molecule has 4 heteroatoms. The molecular formula is C12H14ClNO2. The zero-order chi connectivity index (χ0) is 12.0. The molecule has 0 heterocycles. The van der Waals surface area contributed by atoms with Gasteiger partial charge in [-0.15, -0.1) is 11.6 Å². The monoisotopic (exact) mass is 239 g/mol. The van der Waals surface area contributed by atoms with Crippen LogP contribution in [0.2, 0.25) is 0 Å². The second-order valence-corrected chi connectivity index (χ2v) is 3.80. The molecule has 16 heavy (non-hydrogen) atoms. The quantitative estimate of drug-likeness (QED) is 0.472. The first kappa shape index (κ1) is 12.6. The Balaban J connectivity index is 2.92. The van der Waals surface area contributed by atoms with Gasteiger partial charge in [0.15, 0.2) is 0 Å². The number of anilines is 1. The summed E-state index contributed by atoms with van der Waals surface area (Å²) in [5.74, 6) is -0.378. The van der Waals surface area contributed by atoms with Crippen LogP contribution in [0, 0.1) is 0 Å². The molecule has 0 aromatic heterocycles. The molecule has 0 aliphatic carbocycles. The highest BCUT2D eigenvalue weighted by Gasteiger charge is 2.01. The van der Waals surface area contributed by atoms with Crippen LogP contribution in [0.5, 0.6) is 0 Å². The number of carbonyl (C=O) groups is 1. The normalized spacial score (nSPS) is 10.8. The fourth-order valence-electron chi connectivity index (χ4n) is 1.42. The molecule has 1 aromatic rings. The number of carboxylic acid groups (broad SMARTS) is 1. The first-order valence-corrected chi connectivity index (χ1v) is 5.52. The summed E-state index contributed by atoms with van der Waals surface area (Å²) in [6, 6.07) is 5.43. The van der Waals surface area contributed by atoms with E-state index in [-0.39, 0.29) is 0 Å². The lowest BCUT2D eigenvalue weighted by Crippen LogP contribution is -1.95. The zero-order valence-corrected chi connectivity index (χ0v) is 9.57. The van der Waals surface area contributed by atoms with Crippen LogP contribution in [0.15, 0.2) is 24.3 Å². The number of halogens is 1. The fourth-order valence-corrected chi connectivity index (χ4v) is 1.56. The zero-order valence-electron chi connectivity index (χ0n) is 8.82. The van der Waals surface area contributed by atoms with Gasteiger partial charge in [-0.05, 0) is 42.2 Å². The van der Waals surface area contributed by atoms with Crippen molar-refractivity contribution in [3.8, 4) is 0 Å². The van der Waals surface area contributed by atoms with E-state index in [1.807, 2.05) is 12.1 Å². The standard InChI is InChI=1S/C12H14ClNO2/c13-7-1-2-10-8-11(14)5-3-9(10)4-6-12(15)16/h3-6,8H,1-2,7,14H2,(H,15,16)/b6-4+. The first-order valence-electron chi connectivity index (χ1n) is 4.99. The SMILES string of the molecule is Nc1ccc(/C=C/C(=O)O)c(CCCCl)c1. The summed E-state index contributed by atoms with van der Waals surface area (Å²) in [4.78, 5) is 10.4. The number of aryl methyl sites for hydroxylation is 1. The topological polar surface area (TPSA) is 63.3 Å². The van der Waals surface area contributed by atoms with E-state index in [1.54, 1.807) is 12.1 Å². The number of alkyl halides is 1. The number of benzene rings is 1. The number of hydrogen-bond acceptors (Lipinski definition) is 2. The van der Waals surface area contributed by atoms with Crippen molar-refractivity contribution in [1.82, 2.24) is 0 Å². The molecule has 3 nitrogen and oxygen atoms in total. The van der Waals surface area contributed by atoms with Gasteiger partial charge in [-0.3, -0.25) is 0 Å². The molecule has 0 saturated carbocycles. The minimum atomic E-state index is -0.958. The largest absolute Gasteiger partial charge is 0.478 e. The van der Waals surface area contributed by atoms with E-state index in [2.05, 4.69) is 0 Å². The molecule has 0 unspecified atom stereocenters. The van der Waals surface area contributed by atoms with Crippen LogP contribution in [0.1, 0.15) is 17.5 Å². The third-order valence-electron chi connectivity index (χ3n) is 2.15. The van der Waals surface area contributed by atoms with Crippen LogP contribution in [0.25, 0.3) is 6.08 Å². The maximum atomic E-state index is 10.4. The van der Waals surface area contributed by atoms with E-state index in [1.165, 1.54) is 0 Å². The molecule has 0 radical (unpaired) electrons. The first-order chi connectivity index (χ1) is 7.63. The van der Waals surface area contributed by atoms with Crippen LogP contribution in [-0.4, -0.2) is 17.0 Å². The Morgan fingerprint density at radius 1 is 1.50 bits per heavy atom. The number of carboxylic acids is 1. The second-order valence-electron chi connectivity index (χ2n) is 3.42. The smallest absolute Gasteiger partial charge is 0.328 e. The molecule has 0 amide bonds. The second kappa shape index (κ2) is 6.18. The molecule has 1 rings (SSSR count). The van der Waals surface area contributed by atoms with Gasteiger partial charge in [0.2, 0.25) is 0 Å². The van der Waals surface area contributed by atoms with Gasteiger partial charge < -0.3 is 10.8 Å². The van der Waals surface area contributed by atoms with Gasteiger partial charge in [0.25, 0.3) is 0 Å². The Morgan fingerprint density at radius 2 is 2.25 bits per heavy atom. The van der Waals surface area contributed by atoms with E-state index in [9.17, 15) is 4.79 Å². The summed E-state index contributed by atoms with van der Waals surface area (Å²) in [6.45, 7) is 0. The van der Waals surface area contributed by atoms with Gasteiger partial charge in [0.05, 0.1) is 0 Å². The van der Waals surface area contributed by atoms with E-state index in [0.29, 0.717) is 11.6 Å². The molecule has 0 bridgehead atoms. The average molecular weight is 240 g/mol. The molecule has 0 aliphatic rings. The lowest BCUT2D eigenvalue weighted by Gasteiger charge is -2.06. The Hall–Kier alpha value is -1.48. The van der Waals surface area contributed by atoms with E-state index >= 15 is 0 Å². The predicted molar refractivity (Wildman–Crippen MR) is 66.6 cm³/mol. The molecule has 0 aliphatic heterocycles. The van der Waals surface area contributed by atoms with Crippen LogP contribution in [0.4, 0.5) is 5.69 Å². The molecule has 0 spiro atoms. The van der Waals surface area contributed by atoms with Crippen LogP contribution in [0.3, 0.4) is 0 Å². The number of hydrogen-bond donors (Lipinski definition) is 2. The van der Waals surface area contributed by atoms with E-state index in [4.69, 9.17) is 22.4 Å². The van der Waals surface area contributed by atoms with Crippen molar-refractivity contribution in [1.29, 1.82) is 0 Å². The van der Waals surface area contributed by atoms with Gasteiger partial charge in [-0.25, -0.2) is 4.79 Å². The highest BCUT2D eigenvalue weighted by molar-refractivity contribution is 6.17. The number of aliphatic carboxylic acids is 1. The number of nitrogen functional groups attached to an aromatic ring is 1. The molecule has 0 fully saturated rings. The Kier molecular flexibility index (Phi) is 4.86. The van der Waals surface area contributed by atoms with Crippen LogP contribution in [-0.2, 0) is 11.2 Å². The van der Waals surface area contributed by atoms with Gasteiger partial charge >= 0.3 is 5.97 Å². The summed E-state index contributed by atoms with van der Waals surface area (Å²) in [5, 5.41) is 8.56. The van der Waals surface area contributed by atoms with Gasteiger partial charge in [-0.1, -0.05) is 6.07 Å². The number of rotatable bonds is 5. The predicted octanol–water partition coefficient (Wildman–Crippen LogP) is 2.54. The maximum absolute atomic E-state index is 10.4. The lowest BCUT2D eigenvalue weighted by molar-refractivity contribution is -0.131. The fraction of sp³-hybridized carbons (Fsp3) is 0.250. The van der Waals surface area contributed by atoms with Gasteiger partial charge in [0, 0.05) is 17.6 Å². The van der Waals surface area contributed by atoms with Crippen molar-refractivity contribution in [3.05, 3.63) is 35.4 Å². The summed E-state index contributed by atoms with van der Waals surface area (Å²) >= 11 is 5.63. The molecule has 3 N–H and O–H groups in total. The van der Waals surface area contributed by atoms with Crippen LogP contribution >= 0.6 is 11.6 Å². The van der Waals surface area contributed by atoms with Crippen molar-refractivity contribution >= 4 is 29.3 Å². The maximum Gasteiger partial charge on any atom is 0.328 e. The molecule has 86 valence electrons. The van der Waals surface area contributed by atoms with E-state index in [0.717, 1.165) is 30.0 Å². The van der Waals surface area contributed by atoms with Gasteiger partial charge in [0.1, 0.15) is 0 Å². The highest BCUT2D eigenvalue weighted by Crippen LogP contribution is 2.17. The molecule has 1 aromatic carbocycles. The average Bonchev–Trinajstić information content (AvgIpc) is 2.24. The Morgan fingerprint density at radius 3 is 2.88 bits per heavy atom. The summed E-state index contributed by atoms with van der Waals surface area (Å²) < 4.78 is 0. The van der Waals surface area contributed by atoms with Crippen molar-refractivity contribution in [2.45, 2.75) is 12.8 Å². The third-order valence-corrected chi connectivity index (χ3v) is 2.42. The summed E-state index contributed by atoms with van der Waals surface area (Å²) in [7, 11) is 0. The van der Waals surface area contributed by atoms with Crippen molar-refractivity contribution in [2.24, 2.45) is 0 Å². The lowest BCUT2D eigenvalue weighted by atomic mass is 10.0. The summed E-state index contributed by atoms with van der Waals surface area (Å²) in [6.07, 6.45) is 4.34. The Bertz CT molecular complexity index is 402. The summed E-state index contributed by atoms with van der Waals surface area (Å²) in [5.41, 5.74) is 8.26. The van der Waals surface area contributed by atoms with Crippen molar-refractivity contribution in [3.63, 3.8) is 0 Å². The minimum Gasteiger partial charge on any atom is -0.478 e. The molecule has 0 atom stereocenters. The highest BCUT2D eigenvalue weighted by atomic mass is 35.5. The molecular weight excluding hydrogens is 226 g/mol. The molecule has 0 saturated heterocycles. The van der Waals surface area contributed by atoms with Crippen molar-refractivity contribution < 1.29 is 9.90 Å². The minimum absolute atomic E-state index is 0.580. The van der Waals surface area contributed by atoms with Gasteiger partial charge in [-0.2, -0.15) is 0 Å². The number of nitrogens with two attached hydrogens (primary N) is 1. The van der Waals surface area contributed by atoms with Crippen LogP contribution < -0.4 is 5.73 Å². The van der Waals surface area contributed by atoms with E-state index < -0.39 is 5.97 Å². The van der Waals surface area contributed by atoms with Crippen molar-refractivity contribution in [2.75, 3.05) is 11.6 Å².